The van der Waals surface area contributed by atoms with Gasteiger partial charge in [-0.25, -0.2) is 4.98 Å². The highest BCUT2D eigenvalue weighted by Crippen LogP contribution is 2.30. The van der Waals surface area contributed by atoms with Crippen LogP contribution in [0.25, 0.3) is 0 Å². The van der Waals surface area contributed by atoms with Gasteiger partial charge in [-0.05, 0) is 30.7 Å². The van der Waals surface area contributed by atoms with E-state index in [4.69, 9.17) is 23.2 Å². The lowest BCUT2D eigenvalue weighted by molar-refractivity contribution is 0.0587. The highest BCUT2D eigenvalue weighted by Gasteiger charge is 2.33. The SMILES string of the molecule is OC1(c2cc(Cl)nc(Cl)c2)CCNC1. The largest absolute Gasteiger partial charge is 0.384 e. The number of aliphatic hydroxyl groups is 1. The Morgan fingerprint density at radius 1 is 1.36 bits per heavy atom. The van der Waals surface area contributed by atoms with Gasteiger partial charge in [0.1, 0.15) is 15.9 Å². The zero-order valence-corrected chi connectivity index (χ0v) is 8.94. The normalized spacial score (nSPS) is 26.8. The molecule has 1 aromatic rings. The van der Waals surface area contributed by atoms with E-state index in [0.29, 0.717) is 23.3 Å². The molecule has 1 aliphatic heterocycles. The van der Waals surface area contributed by atoms with Crippen molar-refractivity contribution < 1.29 is 5.11 Å². The fourth-order valence-electron chi connectivity index (χ4n) is 1.66. The van der Waals surface area contributed by atoms with Crippen molar-refractivity contribution in [3.8, 4) is 0 Å². The number of aromatic nitrogens is 1. The minimum Gasteiger partial charge on any atom is -0.384 e. The van der Waals surface area contributed by atoms with E-state index in [1.54, 1.807) is 12.1 Å². The maximum Gasteiger partial charge on any atom is 0.131 e. The first-order valence-electron chi connectivity index (χ1n) is 4.37. The van der Waals surface area contributed by atoms with Gasteiger partial charge >= 0.3 is 0 Å². The third kappa shape index (κ3) is 1.86. The van der Waals surface area contributed by atoms with E-state index in [0.717, 1.165) is 12.1 Å². The molecule has 1 saturated heterocycles. The molecule has 5 heteroatoms. The van der Waals surface area contributed by atoms with Gasteiger partial charge in [-0.15, -0.1) is 0 Å². The van der Waals surface area contributed by atoms with Crippen LogP contribution in [-0.2, 0) is 5.60 Å². The molecule has 1 unspecified atom stereocenters. The summed E-state index contributed by atoms with van der Waals surface area (Å²) in [4.78, 5) is 3.84. The molecule has 1 aliphatic rings. The second-order valence-electron chi connectivity index (χ2n) is 3.46. The van der Waals surface area contributed by atoms with Crippen LogP contribution in [0.1, 0.15) is 12.0 Å². The minimum absolute atomic E-state index is 0.313. The van der Waals surface area contributed by atoms with Crippen LogP contribution in [0.4, 0.5) is 0 Å². The van der Waals surface area contributed by atoms with Gasteiger partial charge in [0.2, 0.25) is 0 Å². The Balaban J connectivity index is 2.40. The van der Waals surface area contributed by atoms with Gasteiger partial charge in [0, 0.05) is 6.54 Å². The Kier molecular flexibility index (Phi) is 2.66. The number of hydrogen-bond acceptors (Lipinski definition) is 3. The standard InChI is InChI=1S/C9H10Cl2N2O/c10-7-3-6(4-8(11)13-7)9(14)1-2-12-5-9/h3-4,12,14H,1-2,5H2. The second-order valence-corrected chi connectivity index (χ2v) is 4.23. The molecule has 1 atom stereocenters. The van der Waals surface area contributed by atoms with Gasteiger partial charge in [-0.3, -0.25) is 0 Å². The Labute approximate surface area is 92.1 Å². The van der Waals surface area contributed by atoms with Gasteiger partial charge < -0.3 is 10.4 Å². The lowest BCUT2D eigenvalue weighted by atomic mass is 9.94. The quantitative estimate of drug-likeness (QED) is 0.723. The number of nitrogens with one attached hydrogen (secondary N) is 1. The lowest BCUT2D eigenvalue weighted by Gasteiger charge is -2.21. The van der Waals surface area contributed by atoms with Crippen molar-refractivity contribution in [3.05, 3.63) is 28.0 Å². The Morgan fingerprint density at radius 3 is 2.50 bits per heavy atom. The van der Waals surface area contributed by atoms with Crippen molar-refractivity contribution >= 4 is 23.2 Å². The molecule has 0 radical (unpaired) electrons. The summed E-state index contributed by atoms with van der Waals surface area (Å²) in [5.41, 5.74) is -0.122. The van der Waals surface area contributed by atoms with E-state index < -0.39 is 5.60 Å². The summed E-state index contributed by atoms with van der Waals surface area (Å²) in [6.45, 7) is 1.33. The minimum atomic E-state index is -0.851. The molecule has 14 heavy (non-hydrogen) atoms. The summed E-state index contributed by atoms with van der Waals surface area (Å²) in [5.74, 6) is 0. The number of β-amino-alcohol motifs (C(OH)–C–C–N with tert-alkyl or cyclic N) is 1. The molecule has 2 heterocycles. The Morgan fingerprint density at radius 2 is 2.00 bits per heavy atom. The third-order valence-electron chi connectivity index (χ3n) is 2.43. The van der Waals surface area contributed by atoms with Gasteiger partial charge in [0.25, 0.3) is 0 Å². The molecule has 0 amide bonds. The number of rotatable bonds is 1. The molecule has 0 spiro atoms. The van der Waals surface area contributed by atoms with E-state index >= 15 is 0 Å². The summed E-state index contributed by atoms with van der Waals surface area (Å²) >= 11 is 11.5. The molecule has 0 saturated carbocycles. The molecular weight excluding hydrogens is 223 g/mol. The average molecular weight is 233 g/mol. The first kappa shape index (κ1) is 10.2. The highest BCUT2D eigenvalue weighted by molar-refractivity contribution is 6.32. The molecule has 1 fully saturated rings. The molecule has 2 N–H and O–H groups in total. The van der Waals surface area contributed by atoms with Crippen LogP contribution in [0, 0.1) is 0 Å². The third-order valence-corrected chi connectivity index (χ3v) is 2.82. The average Bonchev–Trinajstić information content (AvgIpc) is 2.52. The molecule has 0 aliphatic carbocycles. The van der Waals surface area contributed by atoms with Crippen LogP contribution < -0.4 is 5.32 Å². The maximum absolute atomic E-state index is 10.2. The number of nitrogens with zero attached hydrogens (tertiary/aromatic N) is 1. The van der Waals surface area contributed by atoms with Crippen LogP contribution in [0.3, 0.4) is 0 Å². The molecule has 3 nitrogen and oxygen atoms in total. The summed E-state index contributed by atoms with van der Waals surface area (Å²) < 4.78 is 0. The maximum atomic E-state index is 10.2. The van der Waals surface area contributed by atoms with Gasteiger partial charge in [0.05, 0.1) is 0 Å². The van der Waals surface area contributed by atoms with Crippen molar-refractivity contribution in [1.82, 2.24) is 10.3 Å². The number of hydrogen-bond donors (Lipinski definition) is 2. The molecule has 0 aromatic carbocycles. The van der Waals surface area contributed by atoms with Gasteiger partial charge in [0.15, 0.2) is 0 Å². The van der Waals surface area contributed by atoms with Crippen molar-refractivity contribution in [2.75, 3.05) is 13.1 Å². The number of halogens is 2. The van der Waals surface area contributed by atoms with Crippen LogP contribution in [0.15, 0.2) is 12.1 Å². The van der Waals surface area contributed by atoms with Crippen molar-refractivity contribution in [2.45, 2.75) is 12.0 Å². The van der Waals surface area contributed by atoms with Crippen LogP contribution in [-0.4, -0.2) is 23.2 Å². The Hall–Kier alpha value is -0.350. The van der Waals surface area contributed by atoms with Gasteiger partial charge in [-0.2, -0.15) is 0 Å². The van der Waals surface area contributed by atoms with Crippen LogP contribution >= 0.6 is 23.2 Å². The van der Waals surface area contributed by atoms with E-state index in [1.807, 2.05) is 0 Å². The van der Waals surface area contributed by atoms with Crippen molar-refractivity contribution in [3.63, 3.8) is 0 Å². The fraction of sp³-hybridized carbons (Fsp3) is 0.444. The fourth-order valence-corrected chi connectivity index (χ4v) is 2.12. The highest BCUT2D eigenvalue weighted by atomic mass is 35.5. The topological polar surface area (TPSA) is 45.2 Å². The van der Waals surface area contributed by atoms with Crippen molar-refractivity contribution in [1.29, 1.82) is 0 Å². The Bertz CT molecular complexity index is 330. The summed E-state index contributed by atoms with van der Waals surface area (Å²) in [7, 11) is 0. The zero-order valence-electron chi connectivity index (χ0n) is 7.43. The monoisotopic (exact) mass is 232 g/mol. The molecule has 0 bridgehead atoms. The summed E-state index contributed by atoms with van der Waals surface area (Å²) in [5, 5.41) is 13.9. The van der Waals surface area contributed by atoms with E-state index in [2.05, 4.69) is 10.3 Å². The van der Waals surface area contributed by atoms with Gasteiger partial charge in [-0.1, -0.05) is 23.2 Å². The predicted molar refractivity (Wildman–Crippen MR) is 55.6 cm³/mol. The van der Waals surface area contributed by atoms with Crippen LogP contribution in [0.5, 0.6) is 0 Å². The van der Waals surface area contributed by atoms with E-state index in [-0.39, 0.29) is 0 Å². The smallest absolute Gasteiger partial charge is 0.131 e. The lowest BCUT2D eigenvalue weighted by Crippen LogP contribution is -2.28. The first-order chi connectivity index (χ1) is 6.60. The molecular formula is C9H10Cl2N2O. The molecule has 1 aromatic heterocycles. The van der Waals surface area contributed by atoms with Crippen LogP contribution in [0.2, 0.25) is 10.3 Å². The summed E-state index contributed by atoms with van der Waals surface area (Å²) in [6.07, 6.45) is 0.670. The van der Waals surface area contributed by atoms with E-state index in [1.165, 1.54) is 0 Å². The molecule has 76 valence electrons. The van der Waals surface area contributed by atoms with Crippen molar-refractivity contribution in [2.24, 2.45) is 0 Å². The summed E-state index contributed by atoms with van der Waals surface area (Å²) in [6, 6.07) is 3.31. The first-order valence-corrected chi connectivity index (χ1v) is 5.12. The zero-order chi connectivity index (χ0) is 10.2. The molecule has 2 rings (SSSR count). The number of pyridine rings is 1. The second kappa shape index (κ2) is 3.66. The van der Waals surface area contributed by atoms with E-state index in [9.17, 15) is 5.11 Å². The predicted octanol–water partition coefficient (Wildman–Crippen LogP) is 1.57.